The van der Waals surface area contributed by atoms with Crippen molar-refractivity contribution in [2.75, 3.05) is 33.0 Å². The highest BCUT2D eigenvalue weighted by Gasteiger charge is 2.20. The maximum absolute atomic E-state index is 12.1. The zero-order valence-corrected chi connectivity index (χ0v) is 12.9. The summed E-state index contributed by atoms with van der Waals surface area (Å²) in [6.45, 7) is 6.44. The molecule has 0 radical (unpaired) electrons. The molecule has 1 N–H and O–H groups in total. The Bertz CT molecular complexity index is 322. The molecule has 0 spiro atoms. The second-order valence-electron chi connectivity index (χ2n) is 3.75. The first-order valence-electron chi connectivity index (χ1n) is 6.33. The van der Waals surface area contributed by atoms with Gasteiger partial charge >= 0.3 is 13.6 Å². The topological polar surface area (TPSA) is 73.9 Å². The van der Waals surface area contributed by atoms with E-state index in [9.17, 15) is 9.36 Å². The molecule has 0 heterocycles. The summed E-state index contributed by atoms with van der Waals surface area (Å²) in [6, 6.07) is -0.375. The van der Waals surface area contributed by atoms with Crippen LogP contribution in [-0.4, -0.2) is 45.0 Å². The van der Waals surface area contributed by atoms with Gasteiger partial charge in [0.1, 0.15) is 6.04 Å². The third-order valence-electron chi connectivity index (χ3n) is 2.24. The van der Waals surface area contributed by atoms with E-state index in [0.29, 0.717) is 19.8 Å². The van der Waals surface area contributed by atoms with Crippen LogP contribution in [0.1, 0.15) is 20.8 Å². The Balaban J connectivity index is 4.06. The molecule has 0 aliphatic carbocycles. The molecular weight excluding hydrogens is 269 g/mol. The van der Waals surface area contributed by atoms with Gasteiger partial charge in [-0.3, -0.25) is 9.36 Å². The predicted molar refractivity (Wildman–Crippen MR) is 74.3 cm³/mol. The number of nitrogens with one attached hydrogen (secondary N) is 1. The lowest BCUT2D eigenvalue weighted by atomic mass is 10.3. The molecule has 6 nitrogen and oxygen atoms in total. The van der Waals surface area contributed by atoms with Crippen molar-refractivity contribution in [3.63, 3.8) is 0 Å². The lowest BCUT2D eigenvalue weighted by molar-refractivity contribution is -0.142. The zero-order valence-electron chi connectivity index (χ0n) is 12.0. The third kappa shape index (κ3) is 8.16. The Morgan fingerprint density at radius 3 is 2.32 bits per heavy atom. The maximum Gasteiger partial charge on any atom is 0.334 e. The summed E-state index contributed by atoms with van der Waals surface area (Å²) in [7, 11) is -1.67. The molecule has 0 aromatic heterocycles. The Kier molecular flexibility index (Phi) is 9.79. The van der Waals surface area contributed by atoms with Gasteiger partial charge in [0, 0.05) is 6.54 Å². The molecule has 0 amide bonds. The van der Waals surface area contributed by atoms with E-state index in [0.717, 1.165) is 0 Å². The normalized spacial score (nSPS) is 13.7. The smallest absolute Gasteiger partial charge is 0.334 e. The lowest BCUT2D eigenvalue weighted by Gasteiger charge is -2.14. The molecule has 112 valence electrons. The highest BCUT2D eigenvalue weighted by atomic mass is 31.2. The van der Waals surface area contributed by atoms with Crippen LogP contribution in [-0.2, 0) is 23.1 Å². The van der Waals surface area contributed by atoms with Crippen molar-refractivity contribution < 1.29 is 23.1 Å². The zero-order chi connectivity index (χ0) is 14.7. The number of methoxy groups -OCH3 is 1. The molecule has 19 heavy (non-hydrogen) atoms. The minimum Gasteiger partial charge on any atom is -0.468 e. The number of carbonyl (C=O) groups excluding carboxylic acids is 1. The monoisotopic (exact) mass is 293 g/mol. The first-order valence-corrected chi connectivity index (χ1v) is 8.06. The van der Waals surface area contributed by atoms with E-state index in [1.54, 1.807) is 32.9 Å². The van der Waals surface area contributed by atoms with Crippen LogP contribution in [0.5, 0.6) is 0 Å². The van der Waals surface area contributed by atoms with Crippen LogP contribution >= 0.6 is 7.60 Å². The SMILES string of the molecule is CCOP(=O)(C/C=C/CNC(C)C(=O)OC)OCC. The summed E-state index contributed by atoms with van der Waals surface area (Å²) < 4.78 is 26.9. The van der Waals surface area contributed by atoms with Crippen LogP contribution in [0, 0.1) is 0 Å². The van der Waals surface area contributed by atoms with E-state index in [4.69, 9.17) is 9.05 Å². The Hall–Kier alpha value is -0.680. The summed E-state index contributed by atoms with van der Waals surface area (Å²) >= 11 is 0. The van der Waals surface area contributed by atoms with E-state index >= 15 is 0 Å². The van der Waals surface area contributed by atoms with Gasteiger partial charge in [-0.15, -0.1) is 0 Å². The molecular formula is C12H24NO5P. The summed E-state index contributed by atoms with van der Waals surface area (Å²) in [6.07, 6.45) is 3.73. The molecule has 0 saturated heterocycles. The van der Waals surface area contributed by atoms with E-state index < -0.39 is 7.60 Å². The van der Waals surface area contributed by atoms with Gasteiger partial charge in [0.25, 0.3) is 0 Å². The number of ether oxygens (including phenoxy) is 1. The Morgan fingerprint density at radius 2 is 1.84 bits per heavy atom. The molecule has 7 heteroatoms. The quantitative estimate of drug-likeness (QED) is 0.377. The summed E-state index contributed by atoms with van der Waals surface area (Å²) in [5, 5.41) is 2.95. The Labute approximate surface area is 115 Å². The van der Waals surface area contributed by atoms with Crippen molar-refractivity contribution >= 4 is 13.6 Å². The third-order valence-corrected chi connectivity index (χ3v) is 4.21. The van der Waals surface area contributed by atoms with Crippen molar-refractivity contribution in [1.29, 1.82) is 0 Å². The van der Waals surface area contributed by atoms with E-state index in [2.05, 4.69) is 10.1 Å². The van der Waals surface area contributed by atoms with Crippen molar-refractivity contribution in [3.8, 4) is 0 Å². The molecule has 1 unspecified atom stereocenters. The van der Waals surface area contributed by atoms with Gasteiger partial charge in [0.2, 0.25) is 0 Å². The molecule has 0 saturated carbocycles. The van der Waals surface area contributed by atoms with Gasteiger partial charge in [0.15, 0.2) is 0 Å². The summed E-state index contributed by atoms with van der Waals surface area (Å²) in [4.78, 5) is 11.1. The first kappa shape index (κ1) is 18.3. The number of hydrogen-bond donors (Lipinski definition) is 1. The second-order valence-corrected chi connectivity index (χ2v) is 5.86. The molecule has 0 aliphatic rings. The standard InChI is InChI=1S/C12H24NO5P/c1-5-17-19(15,18-6-2)10-8-7-9-13-11(3)12(14)16-4/h7-8,11,13H,5-6,9-10H2,1-4H3/b8-7+. The second kappa shape index (κ2) is 10.1. The van der Waals surface area contributed by atoms with Crippen molar-refractivity contribution in [1.82, 2.24) is 5.32 Å². The number of allylic oxidation sites excluding steroid dienone is 1. The van der Waals surface area contributed by atoms with E-state index in [-0.39, 0.29) is 18.2 Å². The van der Waals surface area contributed by atoms with E-state index in [1.807, 2.05) is 0 Å². The van der Waals surface area contributed by atoms with Crippen molar-refractivity contribution in [2.45, 2.75) is 26.8 Å². The molecule has 1 atom stereocenters. The van der Waals surface area contributed by atoms with Crippen LogP contribution in [0.15, 0.2) is 12.2 Å². The van der Waals surface area contributed by atoms with Crippen LogP contribution < -0.4 is 5.32 Å². The van der Waals surface area contributed by atoms with Gasteiger partial charge in [-0.1, -0.05) is 12.2 Å². The molecule has 0 rings (SSSR count). The van der Waals surface area contributed by atoms with Crippen LogP contribution in [0.3, 0.4) is 0 Å². The average molecular weight is 293 g/mol. The largest absolute Gasteiger partial charge is 0.468 e. The average Bonchev–Trinajstić information content (AvgIpc) is 2.37. The summed E-state index contributed by atoms with van der Waals surface area (Å²) in [5.41, 5.74) is 0. The van der Waals surface area contributed by atoms with Crippen LogP contribution in [0.2, 0.25) is 0 Å². The van der Waals surface area contributed by atoms with E-state index in [1.165, 1.54) is 7.11 Å². The van der Waals surface area contributed by atoms with Gasteiger partial charge in [-0.05, 0) is 20.8 Å². The number of rotatable bonds is 10. The number of carbonyl (C=O) groups is 1. The minimum absolute atomic E-state index is 0.225. The Morgan fingerprint density at radius 1 is 1.26 bits per heavy atom. The van der Waals surface area contributed by atoms with Gasteiger partial charge < -0.3 is 19.1 Å². The maximum atomic E-state index is 12.1. The van der Waals surface area contributed by atoms with Crippen LogP contribution in [0.25, 0.3) is 0 Å². The van der Waals surface area contributed by atoms with Crippen LogP contribution in [0.4, 0.5) is 0 Å². The van der Waals surface area contributed by atoms with Gasteiger partial charge in [-0.2, -0.15) is 0 Å². The number of hydrogen-bond acceptors (Lipinski definition) is 6. The highest BCUT2D eigenvalue weighted by Crippen LogP contribution is 2.47. The molecule has 0 fully saturated rings. The highest BCUT2D eigenvalue weighted by molar-refractivity contribution is 7.54. The first-order chi connectivity index (χ1) is 8.99. The van der Waals surface area contributed by atoms with Gasteiger partial charge in [-0.25, -0.2) is 0 Å². The van der Waals surface area contributed by atoms with Gasteiger partial charge in [0.05, 0.1) is 26.5 Å². The van der Waals surface area contributed by atoms with Crippen molar-refractivity contribution in [2.24, 2.45) is 0 Å². The minimum atomic E-state index is -3.01. The molecule has 0 bridgehead atoms. The fourth-order valence-corrected chi connectivity index (χ4v) is 2.81. The molecule has 0 aliphatic heterocycles. The molecule has 0 aromatic carbocycles. The lowest BCUT2D eigenvalue weighted by Crippen LogP contribution is -2.34. The fourth-order valence-electron chi connectivity index (χ4n) is 1.33. The molecule has 0 aromatic rings. The fraction of sp³-hybridized carbons (Fsp3) is 0.750. The van der Waals surface area contributed by atoms with Crippen molar-refractivity contribution in [3.05, 3.63) is 12.2 Å². The number of esters is 1. The summed E-state index contributed by atoms with van der Waals surface area (Å²) in [5.74, 6) is -0.317. The predicted octanol–water partition coefficient (Wildman–Crippen LogP) is 1.96.